The van der Waals surface area contributed by atoms with Crippen molar-refractivity contribution in [2.45, 2.75) is 65.2 Å². The molecular weight excluding hydrogens is 524 g/mol. The summed E-state index contributed by atoms with van der Waals surface area (Å²) >= 11 is 0. The van der Waals surface area contributed by atoms with Gasteiger partial charge in [0, 0.05) is 16.7 Å². The van der Waals surface area contributed by atoms with Crippen LogP contribution in [0, 0.1) is 41.0 Å². The lowest BCUT2D eigenvalue weighted by Crippen LogP contribution is -2.22. The van der Waals surface area contributed by atoms with Gasteiger partial charge in [0.05, 0.1) is 6.61 Å². The Kier molecular flexibility index (Phi) is 9.32. The van der Waals surface area contributed by atoms with Crippen LogP contribution in [0.4, 0.5) is 17.6 Å². The maximum Gasteiger partial charge on any atom is 0.201 e. The Morgan fingerprint density at radius 3 is 1.90 bits per heavy atom. The molecule has 0 spiro atoms. The second-order valence-corrected chi connectivity index (χ2v) is 11.6. The molecule has 216 valence electrons. The van der Waals surface area contributed by atoms with E-state index in [4.69, 9.17) is 4.74 Å². The average molecular weight is 563 g/mol. The fourth-order valence-electron chi connectivity index (χ4n) is 6.40. The first-order valence-electron chi connectivity index (χ1n) is 14.9. The van der Waals surface area contributed by atoms with E-state index in [0.717, 1.165) is 36.7 Å². The van der Waals surface area contributed by atoms with Gasteiger partial charge in [0.2, 0.25) is 5.82 Å². The van der Waals surface area contributed by atoms with Crippen LogP contribution in [-0.2, 0) is 0 Å². The Labute approximate surface area is 240 Å². The summed E-state index contributed by atoms with van der Waals surface area (Å²) in [4.78, 5) is 0. The summed E-state index contributed by atoms with van der Waals surface area (Å²) in [5, 5.41) is 0. The van der Waals surface area contributed by atoms with Crippen LogP contribution in [0.15, 0.2) is 66.8 Å². The van der Waals surface area contributed by atoms with E-state index >= 15 is 8.78 Å². The molecule has 1 saturated carbocycles. The maximum atomic E-state index is 15.3. The van der Waals surface area contributed by atoms with Crippen molar-refractivity contribution in [3.63, 3.8) is 0 Å². The fraction of sp³-hybridized carbons (Fsp3) is 0.389. The van der Waals surface area contributed by atoms with Gasteiger partial charge in [0.1, 0.15) is 0 Å². The molecule has 1 fully saturated rings. The Morgan fingerprint density at radius 2 is 1.29 bits per heavy atom. The zero-order valence-electron chi connectivity index (χ0n) is 23.9. The topological polar surface area (TPSA) is 9.23 Å². The minimum absolute atomic E-state index is 0.0714. The number of allylic oxidation sites excluding steroid dienone is 3. The van der Waals surface area contributed by atoms with Gasteiger partial charge in [-0.25, -0.2) is 13.2 Å². The van der Waals surface area contributed by atoms with Crippen molar-refractivity contribution < 1.29 is 22.3 Å². The third-order valence-corrected chi connectivity index (χ3v) is 8.94. The highest BCUT2D eigenvalue weighted by molar-refractivity contribution is 5.74. The molecule has 0 radical (unpaired) electrons. The van der Waals surface area contributed by atoms with Crippen molar-refractivity contribution in [3.8, 4) is 28.0 Å². The molecule has 2 aliphatic rings. The minimum Gasteiger partial charge on any atom is -0.490 e. The molecule has 1 atom stereocenters. The van der Waals surface area contributed by atoms with E-state index in [1.165, 1.54) is 37.8 Å². The highest BCUT2D eigenvalue weighted by atomic mass is 19.2. The van der Waals surface area contributed by atoms with Crippen molar-refractivity contribution in [2.24, 2.45) is 17.8 Å². The van der Waals surface area contributed by atoms with Gasteiger partial charge in [-0.15, -0.1) is 0 Å². The Balaban J connectivity index is 1.29. The molecule has 5 heteroatoms. The summed E-state index contributed by atoms with van der Waals surface area (Å²) in [6, 6.07) is 12.5. The summed E-state index contributed by atoms with van der Waals surface area (Å²) in [7, 11) is 0. The molecular formula is C36H38F4O. The predicted molar refractivity (Wildman–Crippen MR) is 159 cm³/mol. The quantitative estimate of drug-likeness (QED) is 0.151. The van der Waals surface area contributed by atoms with Gasteiger partial charge in [-0.3, -0.25) is 0 Å². The van der Waals surface area contributed by atoms with E-state index in [-0.39, 0.29) is 23.5 Å². The van der Waals surface area contributed by atoms with Crippen molar-refractivity contribution >= 4 is 5.57 Å². The van der Waals surface area contributed by atoms with E-state index in [1.807, 2.05) is 19.1 Å². The van der Waals surface area contributed by atoms with E-state index < -0.39 is 23.3 Å². The lowest BCUT2D eigenvalue weighted by Gasteiger charge is -2.34. The fourth-order valence-corrected chi connectivity index (χ4v) is 6.40. The molecule has 0 aliphatic heterocycles. The number of benzene rings is 3. The molecule has 0 amide bonds. The molecule has 0 heterocycles. The van der Waals surface area contributed by atoms with Crippen LogP contribution in [-0.4, -0.2) is 6.61 Å². The zero-order chi connectivity index (χ0) is 28.9. The first-order valence-corrected chi connectivity index (χ1v) is 14.9. The molecule has 0 N–H and O–H groups in total. The number of rotatable bonds is 8. The lowest BCUT2D eigenvalue weighted by atomic mass is 9.71. The summed E-state index contributed by atoms with van der Waals surface area (Å²) in [6.45, 7) is 4.45. The van der Waals surface area contributed by atoms with E-state index in [9.17, 15) is 8.78 Å². The molecule has 0 bridgehead atoms. The molecule has 1 nitrogen and oxygen atoms in total. The van der Waals surface area contributed by atoms with Crippen LogP contribution in [0.3, 0.4) is 0 Å². The van der Waals surface area contributed by atoms with Gasteiger partial charge in [0.25, 0.3) is 0 Å². The van der Waals surface area contributed by atoms with Crippen molar-refractivity contribution in [1.29, 1.82) is 0 Å². The largest absolute Gasteiger partial charge is 0.490 e. The number of halogens is 4. The lowest BCUT2D eigenvalue weighted by molar-refractivity contribution is 0.202. The number of ether oxygens (including phenoxy) is 1. The zero-order valence-corrected chi connectivity index (χ0v) is 23.9. The first-order chi connectivity index (χ1) is 19.9. The normalized spacial score (nSPS) is 21.2. The first kappa shape index (κ1) is 29.2. The van der Waals surface area contributed by atoms with Gasteiger partial charge in [-0.2, -0.15) is 4.39 Å². The third kappa shape index (κ3) is 6.45. The van der Waals surface area contributed by atoms with E-state index in [0.29, 0.717) is 29.0 Å². The highest BCUT2D eigenvalue weighted by Gasteiger charge is 2.28. The van der Waals surface area contributed by atoms with E-state index in [1.54, 1.807) is 36.4 Å². The third-order valence-electron chi connectivity index (χ3n) is 8.94. The van der Waals surface area contributed by atoms with Gasteiger partial charge in [-0.1, -0.05) is 74.4 Å². The van der Waals surface area contributed by atoms with Crippen molar-refractivity contribution in [1.82, 2.24) is 0 Å². The SMILES string of the molecule is C/C=C\CCOc1ccc(-c2ccc(-c3ccc(C4=CCC(C5CCC(C)CC5)CC4)c(F)c3F)cc2)c(F)c1F. The van der Waals surface area contributed by atoms with Crippen molar-refractivity contribution in [3.05, 3.63) is 95.6 Å². The number of hydrogen-bond acceptors (Lipinski definition) is 1. The molecule has 3 aromatic carbocycles. The molecule has 5 rings (SSSR count). The van der Waals surface area contributed by atoms with Crippen LogP contribution in [0.2, 0.25) is 0 Å². The summed E-state index contributed by atoms with van der Waals surface area (Å²) in [5.41, 5.74) is 2.32. The van der Waals surface area contributed by atoms with Gasteiger partial charge < -0.3 is 4.74 Å². The maximum absolute atomic E-state index is 15.3. The molecule has 1 unspecified atom stereocenters. The van der Waals surface area contributed by atoms with Crippen LogP contribution in [0.5, 0.6) is 5.75 Å². The second-order valence-electron chi connectivity index (χ2n) is 11.6. The Morgan fingerprint density at radius 1 is 0.707 bits per heavy atom. The predicted octanol–water partition coefficient (Wildman–Crippen LogP) is 10.9. The molecule has 2 aliphatic carbocycles. The standard InChI is InChI=1S/C36H38F4O/c1-3-4-5-22-41-32-21-20-31(35(39)36(32)40)28-16-14-27(15-17-28)30-19-18-29(33(37)34(30)38)26-12-10-25(11-13-26)24-8-6-23(2)7-9-24/h3-4,12,14-21,23-25H,5-11,13,22H2,1-2H3/b4-3-. The van der Waals surface area contributed by atoms with Crippen LogP contribution in [0.25, 0.3) is 27.8 Å². The summed E-state index contributed by atoms with van der Waals surface area (Å²) in [6.07, 6.45) is 14.3. The average Bonchev–Trinajstić information content (AvgIpc) is 2.99. The Hall–Kier alpha value is -3.34. The monoisotopic (exact) mass is 562 g/mol. The molecule has 0 saturated heterocycles. The van der Waals surface area contributed by atoms with Gasteiger partial charge >= 0.3 is 0 Å². The molecule has 3 aromatic rings. The molecule has 41 heavy (non-hydrogen) atoms. The van der Waals surface area contributed by atoms with Gasteiger partial charge in [0.15, 0.2) is 23.2 Å². The molecule has 0 aromatic heterocycles. The smallest absolute Gasteiger partial charge is 0.201 e. The minimum atomic E-state index is -1.05. The van der Waals surface area contributed by atoms with Gasteiger partial charge in [-0.05, 0) is 92.0 Å². The van der Waals surface area contributed by atoms with Crippen LogP contribution < -0.4 is 4.74 Å². The van der Waals surface area contributed by atoms with Crippen LogP contribution >= 0.6 is 0 Å². The highest BCUT2D eigenvalue weighted by Crippen LogP contribution is 2.42. The van der Waals surface area contributed by atoms with Crippen LogP contribution in [0.1, 0.15) is 70.8 Å². The van der Waals surface area contributed by atoms with Crippen molar-refractivity contribution in [2.75, 3.05) is 6.61 Å². The second kappa shape index (κ2) is 13.1. The summed E-state index contributed by atoms with van der Waals surface area (Å²) in [5.74, 6) is -1.71. The Bertz CT molecular complexity index is 1410. The number of hydrogen-bond donors (Lipinski definition) is 0. The van der Waals surface area contributed by atoms with E-state index in [2.05, 4.69) is 13.0 Å². The summed E-state index contributed by atoms with van der Waals surface area (Å²) < 4.78 is 65.4.